The lowest BCUT2D eigenvalue weighted by atomic mass is 10.1. The topological polar surface area (TPSA) is 54.2 Å². The van der Waals surface area contributed by atoms with Gasteiger partial charge in [-0.3, -0.25) is 0 Å². The summed E-state index contributed by atoms with van der Waals surface area (Å²) in [5.74, 6) is 1.34. The molecule has 1 aliphatic heterocycles. The number of rotatable bonds is 4. The van der Waals surface area contributed by atoms with Crippen molar-refractivity contribution in [3.8, 4) is 11.5 Å². The lowest BCUT2D eigenvalue weighted by Crippen LogP contribution is -2.44. The number of nitrogens with one attached hydrogen (secondary N) is 1. The van der Waals surface area contributed by atoms with Gasteiger partial charge in [0, 0.05) is 44.7 Å². The highest BCUT2D eigenvalue weighted by molar-refractivity contribution is 5.53. The van der Waals surface area contributed by atoms with Crippen molar-refractivity contribution >= 4 is 0 Å². The maximum absolute atomic E-state index is 5.75. The Bertz CT molecular complexity index is 561. The smallest absolute Gasteiger partial charge is 0.247 e. The van der Waals surface area contributed by atoms with E-state index < -0.39 is 0 Å². The number of aromatic nitrogens is 2. The number of piperazine rings is 1. The Morgan fingerprint density at radius 3 is 2.90 bits per heavy atom. The summed E-state index contributed by atoms with van der Waals surface area (Å²) in [6, 6.07) is 8.13. The molecule has 1 N–H and O–H groups in total. The summed E-state index contributed by atoms with van der Waals surface area (Å²) in [6.07, 6.45) is 0.818. The Balaban J connectivity index is 1.61. The zero-order chi connectivity index (χ0) is 13.8. The molecule has 5 heteroatoms. The van der Waals surface area contributed by atoms with Crippen molar-refractivity contribution in [1.82, 2.24) is 20.4 Å². The summed E-state index contributed by atoms with van der Waals surface area (Å²) < 4.78 is 5.75. The van der Waals surface area contributed by atoms with Crippen LogP contribution in [-0.2, 0) is 6.42 Å². The van der Waals surface area contributed by atoms with Crippen LogP contribution in [0.25, 0.3) is 11.5 Å². The number of nitrogens with zero attached hydrogens (tertiary/aromatic N) is 3. The summed E-state index contributed by atoms with van der Waals surface area (Å²) in [5, 5.41) is 11.6. The summed E-state index contributed by atoms with van der Waals surface area (Å²) in [5.41, 5.74) is 2.19. The standard InChI is InChI=1S/C15H20N4O/c1-12-3-2-4-13(11-12)15-18-17-14(20-15)5-8-19-9-6-16-7-10-19/h2-4,11,16H,5-10H2,1H3. The van der Waals surface area contributed by atoms with Gasteiger partial charge in [-0.15, -0.1) is 10.2 Å². The van der Waals surface area contributed by atoms with Crippen molar-refractivity contribution in [3.05, 3.63) is 35.7 Å². The van der Waals surface area contributed by atoms with E-state index in [0.717, 1.165) is 50.6 Å². The van der Waals surface area contributed by atoms with E-state index in [1.165, 1.54) is 5.56 Å². The lowest BCUT2D eigenvalue weighted by Gasteiger charge is -2.26. The van der Waals surface area contributed by atoms with Crippen LogP contribution in [0.2, 0.25) is 0 Å². The van der Waals surface area contributed by atoms with Gasteiger partial charge >= 0.3 is 0 Å². The van der Waals surface area contributed by atoms with Crippen LogP contribution in [0, 0.1) is 6.92 Å². The molecule has 0 radical (unpaired) electrons. The van der Waals surface area contributed by atoms with Crippen molar-refractivity contribution < 1.29 is 4.42 Å². The zero-order valence-corrected chi connectivity index (χ0v) is 11.8. The molecule has 106 valence electrons. The van der Waals surface area contributed by atoms with Gasteiger partial charge in [0.05, 0.1) is 0 Å². The number of aryl methyl sites for hydroxylation is 1. The molecule has 0 amide bonds. The van der Waals surface area contributed by atoms with E-state index in [-0.39, 0.29) is 0 Å². The highest BCUT2D eigenvalue weighted by Crippen LogP contribution is 2.19. The molecule has 5 nitrogen and oxygen atoms in total. The first-order valence-corrected chi connectivity index (χ1v) is 7.14. The predicted octanol–water partition coefficient (Wildman–Crippen LogP) is 1.49. The van der Waals surface area contributed by atoms with Gasteiger partial charge < -0.3 is 14.6 Å². The van der Waals surface area contributed by atoms with Crippen LogP contribution in [0.4, 0.5) is 0 Å². The molecule has 3 rings (SSSR count). The summed E-state index contributed by atoms with van der Waals surface area (Å²) in [7, 11) is 0. The van der Waals surface area contributed by atoms with E-state index in [9.17, 15) is 0 Å². The van der Waals surface area contributed by atoms with E-state index in [4.69, 9.17) is 4.42 Å². The lowest BCUT2D eigenvalue weighted by molar-refractivity contribution is 0.238. The molecule has 1 aromatic heterocycles. The second-order valence-corrected chi connectivity index (χ2v) is 5.21. The Labute approximate surface area is 119 Å². The highest BCUT2D eigenvalue weighted by atomic mass is 16.4. The fourth-order valence-corrected chi connectivity index (χ4v) is 2.44. The van der Waals surface area contributed by atoms with Gasteiger partial charge in [-0.1, -0.05) is 17.7 Å². The molecular weight excluding hydrogens is 252 g/mol. The minimum absolute atomic E-state index is 0.615. The second-order valence-electron chi connectivity index (χ2n) is 5.21. The summed E-state index contributed by atoms with van der Waals surface area (Å²) >= 11 is 0. The van der Waals surface area contributed by atoms with Gasteiger partial charge in [0.1, 0.15) is 0 Å². The Hall–Kier alpha value is -1.72. The summed E-state index contributed by atoms with van der Waals surface area (Å²) in [4.78, 5) is 2.42. The maximum atomic E-state index is 5.75. The van der Waals surface area contributed by atoms with Crippen molar-refractivity contribution in [2.45, 2.75) is 13.3 Å². The van der Waals surface area contributed by atoms with Gasteiger partial charge in [0.2, 0.25) is 11.8 Å². The number of benzene rings is 1. The first-order valence-electron chi connectivity index (χ1n) is 7.14. The molecule has 1 aromatic carbocycles. The quantitative estimate of drug-likeness (QED) is 0.914. The van der Waals surface area contributed by atoms with Crippen LogP contribution in [0.1, 0.15) is 11.5 Å². The normalized spacial score (nSPS) is 16.4. The fraction of sp³-hybridized carbons (Fsp3) is 0.467. The molecule has 2 aromatic rings. The largest absolute Gasteiger partial charge is 0.421 e. The third kappa shape index (κ3) is 3.23. The molecule has 2 heterocycles. The average Bonchev–Trinajstić information content (AvgIpc) is 2.95. The van der Waals surface area contributed by atoms with Gasteiger partial charge in [0.25, 0.3) is 0 Å². The molecule has 0 saturated carbocycles. The Morgan fingerprint density at radius 1 is 1.25 bits per heavy atom. The molecule has 1 aliphatic rings. The zero-order valence-electron chi connectivity index (χ0n) is 11.8. The third-order valence-electron chi connectivity index (χ3n) is 3.58. The first kappa shape index (κ1) is 13.3. The molecule has 20 heavy (non-hydrogen) atoms. The molecule has 0 aliphatic carbocycles. The molecule has 0 atom stereocenters. The monoisotopic (exact) mass is 272 g/mol. The van der Waals surface area contributed by atoms with E-state index in [2.05, 4.69) is 39.5 Å². The van der Waals surface area contributed by atoms with E-state index >= 15 is 0 Å². The highest BCUT2D eigenvalue weighted by Gasteiger charge is 2.12. The van der Waals surface area contributed by atoms with Crippen molar-refractivity contribution in [1.29, 1.82) is 0 Å². The van der Waals surface area contributed by atoms with Gasteiger partial charge in [-0.2, -0.15) is 0 Å². The van der Waals surface area contributed by atoms with E-state index in [1.54, 1.807) is 0 Å². The van der Waals surface area contributed by atoms with Crippen LogP contribution >= 0.6 is 0 Å². The van der Waals surface area contributed by atoms with Crippen LogP contribution in [0.5, 0.6) is 0 Å². The molecular formula is C15H20N4O. The minimum atomic E-state index is 0.615. The predicted molar refractivity (Wildman–Crippen MR) is 77.5 cm³/mol. The number of hydrogen-bond donors (Lipinski definition) is 1. The Morgan fingerprint density at radius 2 is 2.10 bits per heavy atom. The van der Waals surface area contributed by atoms with Crippen molar-refractivity contribution in [2.75, 3.05) is 32.7 Å². The van der Waals surface area contributed by atoms with Crippen molar-refractivity contribution in [2.24, 2.45) is 0 Å². The minimum Gasteiger partial charge on any atom is -0.421 e. The average molecular weight is 272 g/mol. The number of hydrogen-bond acceptors (Lipinski definition) is 5. The van der Waals surface area contributed by atoms with Crippen molar-refractivity contribution in [3.63, 3.8) is 0 Å². The molecule has 0 unspecified atom stereocenters. The molecule has 0 bridgehead atoms. The van der Waals surface area contributed by atoms with Gasteiger partial charge in [-0.05, 0) is 19.1 Å². The van der Waals surface area contributed by atoms with Crippen LogP contribution in [0.3, 0.4) is 0 Å². The van der Waals surface area contributed by atoms with E-state index in [1.807, 2.05) is 12.1 Å². The molecule has 1 saturated heterocycles. The fourth-order valence-electron chi connectivity index (χ4n) is 2.44. The maximum Gasteiger partial charge on any atom is 0.247 e. The Kier molecular flexibility index (Phi) is 4.08. The van der Waals surface area contributed by atoms with Crippen LogP contribution < -0.4 is 5.32 Å². The summed E-state index contributed by atoms with van der Waals surface area (Å²) in [6.45, 7) is 7.37. The SMILES string of the molecule is Cc1cccc(-c2nnc(CCN3CCNCC3)o2)c1. The molecule has 1 fully saturated rings. The van der Waals surface area contributed by atoms with E-state index in [0.29, 0.717) is 5.89 Å². The van der Waals surface area contributed by atoms with Gasteiger partial charge in [-0.25, -0.2) is 0 Å². The van der Waals surface area contributed by atoms with Crippen LogP contribution in [-0.4, -0.2) is 47.8 Å². The van der Waals surface area contributed by atoms with Crippen LogP contribution in [0.15, 0.2) is 28.7 Å². The second kappa shape index (κ2) is 6.15. The van der Waals surface area contributed by atoms with Gasteiger partial charge in [0.15, 0.2) is 0 Å². The third-order valence-corrected chi connectivity index (χ3v) is 3.58. The molecule has 0 spiro atoms. The first-order chi connectivity index (χ1) is 9.81.